The SMILES string of the molecule is O=C(N[C@@H]1CN(C2CCCCC2)C[C@H]1O)c1ccccc1. The number of nitrogens with one attached hydrogen (secondary N) is 1. The third-order valence-corrected chi connectivity index (χ3v) is 4.76. The Kier molecular flexibility index (Phi) is 4.56. The van der Waals surface area contributed by atoms with E-state index in [1.54, 1.807) is 12.1 Å². The smallest absolute Gasteiger partial charge is 0.251 e. The molecule has 2 atom stereocenters. The summed E-state index contributed by atoms with van der Waals surface area (Å²) < 4.78 is 0. The van der Waals surface area contributed by atoms with Gasteiger partial charge in [0.05, 0.1) is 12.1 Å². The van der Waals surface area contributed by atoms with Gasteiger partial charge in [-0.1, -0.05) is 37.5 Å². The highest BCUT2D eigenvalue weighted by molar-refractivity contribution is 5.94. The van der Waals surface area contributed by atoms with Crippen LogP contribution in [0.5, 0.6) is 0 Å². The fraction of sp³-hybridized carbons (Fsp3) is 0.588. The Labute approximate surface area is 126 Å². The summed E-state index contributed by atoms with van der Waals surface area (Å²) in [5.74, 6) is -0.0925. The number of carbonyl (C=O) groups excluding carboxylic acids is 1. The highest BCUT2D eigenvalue weighted by Gasteiger charge is 2.36. The Morgan fingerprint density at radius 1 is 1.10 bits per heavy atom. The minimum atomic E-state index is -0.459. The molecule has 0 aromatic heterocycles. The lowest BCUT2D eigenvalue weighted by Crippen LogP contribution is -2.43. The molecule has 0 bridgehead atoms. The molecule has 4 nitrogen and oxygen atoms in total. The van der Waals surface area contributed by atoms with Gasteiger partial charge in [-0.05, 0) is 25.0 Å². The topological polar surface area (TPSA) is 52.6 Å². The van der Waals surface area contributed by atoms with Crippen LogP contribution in [0.2, 0.25) is 0 Å². The van der Waals surface area contributed by atoms with E-state index >= 15 is 0 Å². The van der Waals surface area contributed by atoms with Crippen molar-refractivity contribution in [3.63, 3.8) is 0 Å². The van der Waals surface area contributed by atoms with Gasteiger partial charge in [0.25, 0.3) is 5.91 Å². The number of likely N-dealkylation sites (tertiary alicyclic amines) is 1. The Balaban J connectivity index is 1.57. The van der Waals surface area contributed by atoms with E-state index in [0.29, 0.717) is 18.2 Å². The fourth-order valence-electron chi connectivity index (χ4n) is 3.54. The van der Waals surface area contributed by atoms with Crippen molar-refractivity contribution in [2.24, 2.45) is 0 Å². The second-order valence-corrected chi connectivity index (χ2v) is 6.26. The second kappa shape index (κ2) is 6.58. The van der Waals surface area contributed by atoms with Crippen LogP contribution in [-0.2, 0) is 0 Å². The predicted molar refractivity (Wildman–Crippen MR) is 82.1 cm³/mol. The molecule has 21 heavy (non-hydrogen) atoms. The van der Waals surface area contributed by atoms with Crippen molar-refractivity contribution >= 4 is 5.91 Å². The van der Waals surface area contributed by atoms with Crippen LogP contribution in [0.4, 0.5) is 0 Å². The first-order valence-electron chi connectivity index (χ1n) is 8.02. The van der Waals surface area contributed by atoms with Crippen molar-refractivity contribution in [1.29, 1.82) is 0 Å². The fourth-order valence-corrected chi connectivity index (χ4v) is 3.54. The Morgan fingerprint density at radius 3 is 2.52 bits per heavy atom. The molecule has 3 rings (SSSR count). The van der Waals surface area contributed by atoms with Crippen LogP contribution in [0.1, 0.15) is 42.5 Å². The molecule has 1 heterocycles. The maximum Gasteiger partial charge on any atom is 0.251 e. The third-order valence-electron chi connectivity index (χ3n) is 4.76. The molecule has 1 saturated carbocycles. The molecule has 0 radical (unpaired) electrons. The van der Waals surface area contributed by atoms with Gasteiger partial charge >= 0.3 is 0 Å². The lowest BCUT2D eigenvalue weighted by atomic mass is 9.94. The molecule has 0 unspecified atom stereocenters. The van der Waals surface area contributed by atoms with Crippen LogP contribution in [0.25, 0.3) is 0 Å². The summed E-state index contributed by atoms with van der Waals surface area (Å²) in [6.07, 6.45) is 5.91. The number of rotatable bonds is 3. The summed E-state index contributed by atoms with van der Waals surface area (Å²) in [6.45, 7) is 1.45. The number of benzene rings is 1. The van der Waals surface area contributed by atoms with Gasteiger partial charge in [0.15, 0.2) is 0 Å². The van der Waals surface area contributed by atoms with Gasteiger partial charge in [-0.25, -0.2) is 0 Å². The van der Waals surface area contributed by atoms with Crippen molar-refractivity contribution in [3.8, 4) is 0 Å². The molecular formula is C17H24N2O2. The third kappa shape index (κ3) is 3.44. The zero-order chi connectivity index (χ0) is 14.7. The number of nitrogens with zero attached hydrogens (tertiary/aromatic N) is 1. The first-order valence-corrected chi connectivity index (χ1v) is 8.02. The van der Waals surface area contributed by atoms with Crippen molar-refractivity contribution < 1.29 is 9.90 Å². The highest BCUT2D eigenvalue weighted by atomic mass is 16.3. The average molecular weight is 288 g/mol. The number of hydrogen-bond acceptors (Lipinski definition) is 3. The minimum absolute atomic E-state index is 0.0925. The molecule has 2 aliphatic rings. The number of amides is 1. The van der Waals surface area contributed by atoms with Gasteiger partial charge in [0, 0.05) is 24.7 Å². The molecule has 1 aliphatic heterocycles. The van der Waals surface area contributed by atoms with Crippen LogP contribution in [0, 0.1) is 0 Å². The molecular weight excluding hydrogens is 264 g/mol. The van der Waals surface area contributed by atoms with Crippen LogP contribution in [0.3, 0.4) is 0 Å². The van der Waals surface area contributed by atoms with Crippen molar-refractivity contribution in [2.45, 2.75) is 50.3 Å². The van der Waals surface area contributed by atoms with Crippen molar-refractivity contribution in [3.05, 3.63) is 35.9 Å². The monoisotopic (exact) mass is 288 g/mol. The van der Waals surface area contributed by atoms with Crippen LogP contribution in [0.15, 0.2) is 30.3 Å². The Bertz CT molecular complexity index is 471. The van der Waals surface area contributed by atoms with E-state index in [9.17, 15) is 9.90 Å². The molecule has 4 heteroatoms. The van der Waals surface area contributed by atoms with E-state index in [1.807, 2.05) is 18.2 Å². The maximum absolute atomic E-state index is 12.2. The number of hydrogen-bond donors (Lipinski definition) is 2. The van der Waals surface area contributed by atoms with E-state index in [1.165, 1.54) is 32.1 Å². The van der Waals surface area contributed by atoms with Crippen LogP contribution < -0.4 is 5.32 Å². The normalized spacial score (nSPS) is 27.7. The maximum atomic E-state index is 12.2. The number of carbonyl (C=O) groups is 1. The molecule has 1 aliphatic carbocycles. The molecule has 0 spiro atoms. The minimum Gasteiger partial charge on any atom is -0.390 e. The van der Waals surface area contributed by atoms with Gasteiger partial charge in [-0.2, -0.15) is 0 Å². The molecule has 2 N–H and O–H groups in total. The van der Waals surface area contributed by atoms with Gasteiger partial charge in [-0.15, -0.1) is 0 Å². The summed E-state index contributed by atoms with van der Waals surface area (Å²) in [5, 5.41) is 13.2. The summed E-state index contributed by atoms with van der Waals surface area (Å²) in [6, 6.07) is 9.64. The number of β-amino-alcohol motifs (C(OH)–C–C–N with tert-alkyl or cyclic N) is 1. The molecule has 114 valence electrons. The average Bonchev–Trinajstić information content (AvgIpc) is 2.90. The standard InChI is InChI=1S/C17H24N2O2/c20-16-12-19(14-9-5-2-6-10-14)11-15(16)18-17(21)13-7-3-1-4-8-13/h1,3-4,7-8,14-16,20H,2,5-6,9-12H2,(H,18,21)/t15-,16-/m1/s1. The zero-order valence-electron chi connectivity index (χ0n) is 12.4. The highest BCUT2D eigenvalue weighted by Crippen LogP contribution is 2.25. The quantitative estimate of drug-likeness (QED) is 0.891. The number of aliphatic hydroxyl groups excluding tert-OH is 1. The molecule has 2 fully saturated rings. The first-order chi connectivity index (χ1) is 10.2. The van der Waals surface area contributed by atoms with Crippen molar-refractivity contribution in [1.82, 2.24) is 10.2 Å². The summed E-state index contributed by atoms with van der Waals surface area (Å²) >= 11 is 0. The van der Waals surface area contributed by atoms with E-state index in [4.69, 9.17) is 0 Å². The second-order valence-electron chi connectivity index (χ2n) is 6.26. The molecule has 1 aromatic carbocycles. The zero-order valence-corrected chi connectivity index (χ0v) is 12.4. The van der Waals surface area contributed by atoms with Gasteiger partial charge in [0.2, 0.25) is 0 Å². The van der Waals surface area contributed by atoms with E-state index in [0.717, 1.165) is 6.54 Å². The summed E-state index contributed by atoms with van der Waals surface area (Å²) in [7, 11) is 0. The van der Waals surface area contributed by atoms with E-state index < -0.39 is 6.10 Å². The lowest BCUT2D eigenvalue weighted by Gasteiger charge is -2.30. The molecule has 1 saturated heterocycles. The van der Waals surface area contributed by atoms with E-state index in [-0.39, 0.29) is 11.9 Å². The largest absolute Gasteiger partial charge is 0.390 e. The number of aliphatic hydroxyl groups is 1. The first kappa shape index (κ1) is 14.5. The Hall–Kier alpha value is -1.39. The summed E-state index contributed by atoms with van der Waals surface area (Å²) in [5.41, 5.74) is 0.654. The van der Waals surface area contributed by atoms with Gasteiger partial charge < -0.3 is 10.4 Å². The van der Waals surface area contributed by atoms with Crippen molar-refractivity contribution in [2.75, 3.05) is 13.1 Å². The van der Waals surface area contributed by atoms with Gasteiger partial charge in [-0.3, -0.25) is 9.69 Å². The van der Waals surface area contributed by atoms with Gasteiger partial charge in [0.1, 0.15) is 0 Å². The lowest BCUT2D eigenvalue weighted by molar-refractivity contribution is 0.0887. The molecule has 1 amide bonds. The molecule has 1 aromatic rings. The van der Waals surface area contributed by atoms with E-state index in [2.05, 4.69) is 10.2 Å². The summed E-state index contributed by atoms with van der Waals surface area (Å²) in [4.78, 5) is 14.5. The van der Waals surface area contributed by atoms with Crippen LogP contribution >= 0.6 is 0 Å². The van der Waals surface area contributed by atoms with Crippen LogP contribution in [-0.4, -0.2) is 47.2 Å². The Morgan fingerprint density at radius 2 is 1.81 bits per heavy atom. The predicted octanol–water partition coefficient (Wildman–Crippen LogP) is 1.79.